The topological polar surface area (TPSA) is 8.17 Å². The van der Waals surface area contributed by atoms with Gasteiger partial charge in [-0.3, -0.25) is 0 Å². The lowest BCUT2D eigenvalue weighted by molar-refractivity contribution is 0.794. The number of para-hydroxylation sites is 2. The molecule has 1 heterocycles. The summed E-state index contributed by atoms with van der Waals surface area (Å²) in [4.78, 5) is 2.44. The van der Waals surface area contributed by atoms with Gasteiger partial charge in [0.2, 0.25) is 0 Å². The highest BCUT2D eigenvalue weighted by Crippen LogP contribution is 2.63. The van der Waals surface area contributed by atoms with Crippen molar-refractivity contribution in [1.82, 2.24) is 4.57 Å². The van der Waals surface area contributed by atoms with E-state index in [1.54, 1.807) is 0 Å². The van der Waals surface area contributed by atoms with Crippen molar-refractivity contribution in [2.24, 2.45) is 0 Å². The van der Waals surface area contributed by atoms with Crippen molar-refractivity contribution < 1.29 is 0 Å². The summed E-state index contributed by atoms with van der Waals surface area (Å²) in [5, 5.41) is 2.49. The number of benzene rings is 9. The maximum absolute atomic E-state index is 2.44. The van der Waals surface area contributed by atoms with Crippen LogP contribution in [0.1, 0.15) is 22.3 Å². The molecule has 0 bridgehead atoms. The number of hydrogen-bond donors (Lipinski definition) is 0. The lowest BCUT2D eigenvalue weighted by Gasteiger charge is -2.31. The third kappa shape index (κ3) is 4.53. The lowest BCUT2D eigenvalue weighted by Crippen LogP contribution is -2.25. The minimum Gasteiger partial charge on any atom is -0.310 e. The first kappa shape index (κ1) is 31.9. The molecule has 12 rings (SSSR count). The number of aromatic nitrogens is 1. The number of hydrogen-bond acceptors (Lipinski definition) is 1. The summed E-state index contributed by atoms with van der Waals surface area (Å²) < 4.78 is 2.41. The largest absolute Gasteiger partial charge is 0.310 e. The highest BCUT2D eigenvalue weighted by atomic mass is 15.1. The number of rotatable bonds is 5. The van der Waals surface area contributed by atoms with Crippen molar-refractivity contribution in [1.29, 1.82) is 0 Å². The Labute approximate surface area is 332 Å². The van der Waals surface area contributed by atoms with Gasteiger partial charge >= 0.3 is 0 Å². The van der Waals surface area contributed by atoms with Gasteiger partial charge in [-0.05, 0) is 110 Å². The van der Waals surface area contributed by atoms with Gasteiger partial charge in [0, 0.05) is 33.5 Å². The summed E-state index contributed by atoms with van der Waals surface area (Å²) >= 11 is 0. The van der Waals surface area contributed by atoms with Gasteiger partial charge in [-0.2, -0.15) is 0 Å². The van der Waals surface area contributed by atoms with E-state index < -0.39 is 0 Å². The fourth-order valence-corrected chi connectivity index (χ4v) is 10.1. The Morgan fingerprint density at radius 2 is 0.789 bits per heavy atom. The SMILES string of the molecule is c1ccc(-c2ccc(N(c3ccc4c(c3)-c3ccccc3C43c4ccccc4-c4ccccc43)c3ccc4c5ccccc5n(-c5ccccc5)c4c3)cc2)cc1. The van der Waals surface area contributed by atoms with Gasteiger partial charge in [0.05, 0.1) is 16.4 Å². The summed E-state index contributed by atoms with van der Waals surface area (Å²) in [7, 11) is 0. The van der Waals surface area contributed by atoms with Crippen molar-refractivity contribution in [3.05, 3.63) is 241 Å². The van der Waals surface area contributed by atoms with Crippen LogP contribution in [-0.2, 0) is 5.41 Å². The first-order valence-electron chi connectivity index (χ1n) is 19.8. The molecule has 0 N–H and O–H groups in total. The lowest BCUT2D eigenvalue weighted by atomic mass is 9.70. The molecule has 10 aromatic rings. The molecular formula is C55H36N2. The van der Waals surface area contributed by atoms with Crippen molar-refractivity contribution >= 4 is 38.9 Å². The first-order valence-corrected chi connectivity index (χ1v) is 19.8. The second-order valence-corrected chi connectivity index (χ2v) is 15.3. The van der Waals surface area contributed by atoms with E-state index in [1.165, 1.54) is 77.4 Å². The molecule has 2 heteroatoms. The van der Waals surface area contributed by atoms with Gasteiger partial charge in [0.25, 0.3) is 0 Å². The monoisotopic (exact) mass is 724 g/mol. The maximum atomic E-state index is 2.44. The molecule has 0 unspecified atom stereocenters. The molecule has 266 valence electrons. The van der Waals surface area contributed by atoms with Crippen LogP contribution in [0.25, 0.3) is 60.9 Å². The number of fused-ring (bicyclic) bond motifs is 13. The molecule has 9 aromatic carbocycles. The van der Waals surface area contributed by atoms with Crippen LogP contribution in [0, 0.1) is 0 Å². The molecule has 0 aliphatic heterocycles. The summed E-state index contributed by atoms with van der Waals surface area (Å²) in [5.74, 6) is 0. The predicted molar refractivity (Wildman–Crippen MR) is 237 cm³/mol. The van der Waals surface area contributed by atoms with E-state index in [2.05, 4.69) is 228 Å². The van der Waals surface area contributed by atoms with Crippen LogP contribution >= 0.6 is 0 Å². The zero-order chi connectivity index (χ0) is 37.5. The van der Waals surface area contributed by atoms with E-state index in [0.29, 0.717) is 0 Å². The summed E-state index contributed by atoms with van der Waals surface area (Å²) in [5.41, 5.74) is 19.5. The minimum absolute atomic E-state index is 0.380. The Morgan fingerprint density at radius 1 is 0.316 bits per heavy atom. The van der Waals surface area contributed by atoms with Crippen LogP contribution in [0.5, 0.6) is 0 Å². The molecule has 2 aliphatic rings. The van der Waals surface area contributed by atoms with E-state index in [-0.39, 0.29) is 5.41 Å². The number of nitrogens with zero attached hydrogens (tertiary/aromatic N) is 2. The van der Waals surface area contributed by atoms with Crippen LogP contribution in [0.15, 0.2) is 218 Å². The standard InChI is InChI=1S/C55H36N2/c1-3-15-37(16-4-1)38-27-29-40(30-28-38)56(42-31-33-47-46-22-10-14-26-53(46)57(54(47)36-42)39-17-5-2-6-18-39)41-32-34-52-48(35-41)45-21-9-13-25-51(45)55(52)49-23-11-7-19-43(49)44-20-8-12-24-50(44)55/h1-36H. The van der Waals surface area contributed by atoms with E-state index in [4.69, 9.17) is 0 Å². The average molecular weight is 725 g/mol. The summed E-state index contributed by atoms with van der Waals surface area (Å²) in [6.45, 7) is 0. The fourth-order valence-electron chi connectivity index (χ4n) is 10.1. The zero-order valence-electron chi connectivity index (χ0n) is 31.2. The average Bonchev–Trinajstić information content (AvgIpc) is 3.89. The Hall–Kier alpha value is -7.42. The highest BCUT2D eigenvalue weighted by Gasteiger charge is 2.51. The summed E-state index contributed by atoms with van der Waals surface area (Å²) in [6, 6.07) is 80.4. The van der Waals surface area contributed by atoms with Gasteiger partial charge in [-0.1, -0.05) is 164 Å². The molecule has 0 atom stereocenters. The van der Waals surface area contributed by atoms with Gasteiger partial charge in [-0.25, -0.2) is 0 Å². The van der Waals surface area contributed by atoms with Crippen LogP contribution in [-0.4, -0.2) is 4.57 Å². The second kappa shape index (κ2) is 12.3. The molecule has 0 saturated heterocycles. The van der Waals surface area contributed by atoms with Crippen LogP contribution in [0.4, 0.5) is 17.1 Å². The molecule has 0 saturated carbocycles. The zero-order valence-corrected chi connectivity index (χ0v) is 31.2. The molecule has 0 fully saturated rings. The van der Waals surface area contributed by atoms with Gasteiger partial charge in [-0.15, -0.1) is 0 Å². The van der Waals surface area contributed by atoms with Crippen molar-refractivity contribution in [2.45, 2.75) is 5.41 Å². The smallest absolute Gasteiger partial charge is 0.0725 e. The van der Waals surface area contributed by atoms with Crippen LogP contribution < -0.4 is 4.90 Å². The number of anilines is 3. The Bertz CT molecular complexity index is 3130. The second-order valence-electron chi connectivity index (χ2n) is 15.3. The molecule has 57 heavy (non-hydrogen) atoms. The fraction of sp³-hybridized carbons (Fsp3) is 0.0182. The van der Waals surface area contributed by atoms with E-state index in [0.717, 1.165) is 22.7 Å². The Morgan fingerprint density at radius 3 is 1.47 bits per heavy atom. The van der Waals surface area contributed by atoms with E-state index >= 15 is 0 Å². The molecule has 2 aliphatic carbocycles. The Kier molecular flexibility index (Phi) is 6.88. The van der Waals surface area contributed by atoms with Crippen LogP contribution in [0.2, 0.25) is 0 Å². The third-order valence-corrected chi connectivity index (χ3v) is 12.4. The quantitative estimate of drug-likeness (QED) is 0.172. The molecule has 2 nitrogen and oxygen atoms in total. The third-order valence-electron chi connectivity index (χ3n) is 12.4. The maximum Gasteiger partial charge on any atom is 0.0725 e. The van der Waals surface area contributed by atoms with Crippen molar-refractivity contribution in [2.75, 3.05) is 4.90 Å². The van der Waals surface area contributed by atoms with Crippen molar-refractivity contribution in [3.63, 3.8) is 0 Å². The van der Waals surface area contributed by atoms with Gasteiger partial charge in [0.15, 0.2) is 0 Å². The normalized spacial score (nSPS) is 13.1. The summed E-state index contributed by atoms with van der Waals surface area (Å²) in [6.07, 6.45) is 0. The van der Waals surface area contributed by atoms with Crippen molar-refractivity contribution in [3.8, 4) is 39.1 Å². The minimum atomic E-state index is -0.380. The molecule has 1 aromatic heterocycles. The van der Waals surface area contributed by atoms with Crippen LogP contribution in [0.3, 0.4) is 0 Å². The van der Waals surface area contributed by atoms with E-state index in [1.807, 2.05) is 0 Å². The van der Waals surface area contributed by atoms with E-state index in [9.17, 15) is 0 Å². The highest BCUT2D eigenvalue weighted by molar-refractivity contribution is 6.10. The molecule has 0 radical (unpaired) electrons. The van der Waals surface area contributed by atoms with Gasteiger partial charge in [0.1, 0.15) is 0 Å². The predicted octanol–water partition coefficient (Wildman–Crippen LogP) is 14.3. The molecule has 1 spiro atoms. The molecule has 0 amide bonds. The first-order chi connectivity index (χ1) is 28.3. The molecular weight excluding hydrogens is 689 g/mol. The Balaban J connectivity index is 1.10. The van der Waals surface area contributed by atoms with Gasteiger partial charge < -0.3 is 9.47 Å².